The van der Waals surface area contributed by atoms with Crippen molar-refractivity contribution >= 4 is 41.3 Å². The Morgan fingerprint density at radius 1 is 1.42 bits per heavy atom. The van der Waals surface area contributed by atoms with E-state index in [0.717, 1.165) is 35.1 Å². The lowest BCUT2D eigenvalue weighted by Crippen LogP contribution is -2.48. The summed E-state index contributed by atoms with van der Waals surface area (Å²) in [4.78, 5) is 11.2. The molecule has 9 heteroatoms. The first-order valence-electron chi connectivity index (χ1n) is 10.2. The fraction of sp³-hybridized carbons (Fsp3) is 0.545. The highest BCUT2D eigenvalue weighted by Gasteiger charge is 2.35. The number of hydrogen-bond donors (Lipinski definition) is 1. The lowest BCUT2D eigenvalue weighted by Gasteiger charge is -2.39. The van der Waals surface area contributed by atoms with Crippen molar-refractivity contribution in [1.82, 2.24) is 15.2 Å². The molecule has 172 valence electrons. The van der Waals surface area contributed by atoms with Crippen molar-refractivity contribution in [2.24, 2.45) is 4.99 Å². The molecule has 1 atom stereocenters. The molecule has 1 saturated heterocycles. The number of thiazole rings is 1. The fourth-order valence-electron chi connectivity index (χ4n) is 3.78. The van der Waals surface area contributed by atoms with E-state index in [1.807, 2.05) is 20.0 Å². The molecule has 0 amide bonds. The number of ether oxygens (including phenoxy) is 2. The summed E-state index contributed by atoms with van der Waals surface area (Å²) in [5.41, 5.74) is 1.81. The first-order valence-corrected chi connectivity index (χ1v) is 11.1. The molecule has 3 rings (SSSR count). The van der Waals surface area contributed by atoms with Gasteiger partial charge < -0.3 is 19.7 Å². The van der Waals surface area contributed by atoms with Crippen LogP contribution in [0.1, 0.15) is 42.1 Å². The van der Waals surface area contributed by atoms with Crippen LogP contribution in [0.3, 0.4) is 0 Å². The number of aliphatic imine (C=N–C) groups is 1. The molecule has 1 aromatic heterocycles. The topological polar surface area (TPSA) is 59.0 Å². The predicted octanol–water partition coefficient (Wildman–Crippen LogP) is 4.36. The second-order valence-corrected chi connectivity index (χ2v) is 8.60. The fourth-order valence-corrected chi connectivity index (χ4v) is 4.62. The Bertz CT molecular complexity index is 858. The van der Waals surface area contributed by atoms with Gasteiger partial charge in [0.2, 0.25) is 0 Å². The van der Waals surface area contributed by atoms with Crippen LogP contribution in [0.4, 0.5) is 4.39 Å². The van der Waals surface area contributed by atoms with Gasteiger partial charge in [0.25, 0.3) is 0 Å². The molecule has 0 spiro atoms. The molecular formula is C22H32FIN4O2S. The molecule has 0 aliphatic carbocycles. The number of nitrogens with one attached hydrogen (secondary N) is 1. The summed E-state index contributed by atoms with van der Waals surface area (Å²) in [5.74, 6) is 0.580. The van der Waals surface area contributed by atoms with Gasteiger partial charge >= 0.3 is 0 Å². The third-order valence-corrected chi connectivity index (χ3v) is 6.77. The van der Waals surface area contributed by atoms with Crippen molar-refractivity contribution in [3.8, 4) is 0 Å². The van der Waals surface area contributed by atoms with E-state index < -0.39 is 0 Å². The maximum Gasteiger partial charge on any atom is 0.193 e. The zero-order chi connectivity index (χ0) is 21.6. The predicted molar refractivity (Wildman–Crippen MR) is 134 cm³/mol. The van der Waals surface area contributed by atoms with Gasteiger partial charge in [0.15, 0.2) is 5.96 Å². The SMILES string of the molecule is CN=C(NCC1(c2cccc(F)c2)CCOCC1)N(C)Cc1csc(C(C)OC)n1.I. The zero-order valence-electron chi connectivity index (χ0n) is 18.6. The highest BCUT2D eigenvalue weighted by atomic mass is 127. The van der Waals surface area contributed by atoms with Gasteiger partial charge in [0.1, 0.15) is 16.9 Å². The number of aromatic nitrogens is 1. The van der Waals surface area contributed by atoms with Gasteiger partial charge in [-0.3, -0.25) is 4.99 Å². The van der Waals surface area contributed by atoms with E-state index in [1.54, 1.807) is 37.6 Å². The Morgan fingerprint density at radius 3 is 2.81 bits per heavy atom. The Kier molecular flexibility index (Phi) is 10.1. The van der Waals surface area contributed by atoms with Crippen molar-refractivity contribution < 1.29 is 13.9 Å². The molecule has 1 aromatic carbocycles. The zero-order valence-corrected chi connectivity index (χ0v) is 21.7. The number of methoxy groups -OCH3 is 1. The van der Waals surface area contributed by atoms with E-state index in [-0.39, 0.29) is 41.3 Å². The normalized spacial score (nSPS) is 17.0. The molecule has 0 saturated carbocycles. The third-order valence-electron chi connectivity index (χ3n) is 5.72. The van der Waals surface area contributed by atoms with Crippen molar-refractivity contribution in [3.05, 3.63) is 51.7 Å². The summed E-state index contributed by atoms with van der Waals surface area (Å²) in [7, 11) is 5.46. The largest absolute Gasteiger partial charge is 0.381 e. The third kappa shape index (κ3) is 6.59. The van der Waals surface area contributed by atoms with E-state index in [2.05, 4.69) is 25.6 Å². The highest BCUT2D eigenvalue weighted by Crippen LogP contribution is 2.34. The van der Waals surface area contributed by atoms with Crippen LogP contribution in [0.2, 0.25) is 0 Å². The number of rotatable bonds is 7. The molecule has 6 nitrogen and oxygen atoms in total. The Labute approximate surface area is 205 Å². The molecule has 1 unspecified atom stereocenters. The maximum atomic E-state index is 13.9. The standard InChI is InChI=1S/C22H31FN4O2S.HI/c1-16(28-4)20-26-19(14-30-20)13-27(3)21(24-2)25-15-22(8-10-29-11-9-22)17-6-5-7-18(23)12-17;/h5-7,12,14,16H,8-11,13,15H2,1-4H3,(H,24,25);1H. The summed E-state index contributed by atoms with van der Waals surface area (Å²) < 4.78 is 24.9. The van der Waals surface area contributed by atoms with Crippen LogP contribution in [0.25, 0.3) is 0 Å². The van der Waals surface area contributed by atoms with Gasteiger partial charge in [-0.2, -0.15) is 0 Å². The molecule has 1 aliphatic rings. The molecule has 0 bridgehead atoms. The average Bonchev–Trinajstić information content (AvgIpc) is 3.22. The summed E-state index contributed by atoms with van der Waals surface area (Å²) in [6.07, 6.45) is 1.68. The van der Waals surface area contributed by atoms with Gasteiger partial charge in [0.05, 0.1) is 12.2 Å². The Balaban J connectivity index is 0.00000341. The van der Waals surface area contributed by atoms with E-state index in [4.69, 9.17) is 9.47 Å². The quantitative estimate of drug-likeness (QED) is 0.309. The molecule has 2 aromatic rings. The van der Waals surface area contributed by atoms with E-state index in [1.165, 1.54) is 6.07 Å². The number of hydrogen-bond acceptors (Lipinski definition) is 5. The van der Waals surface area contributed by atoms with E-state index >= 15 is 0 Å². The van der Waals surface area contributed by atoms with Crippen molar-refractivity contribution in [2.45, 2.75) is 37.8 Å². The monoisotopic (exact) mass is 562 g/mol. The number of benzene rings is 1. The van der Waals surface area contributed by atoms with Gasteiger partial charge in [-0.05, 0) is 37.5 Å². The van der Waals surface area contributed by atoms with Crippen LogP contribution in [-0.2, 0) is 21.4 Å². The summed E-state index contributed by atoms with van der Waals surface area (Å²) in [5, 5.41) is 6.53. The Hall–Kier alpha value is -1.30. The van der Waals surface area contributed by atoms with Crippen molar-refractivity contribution in [3.63, 3.8) is 0 Å². The summed E-state index contributed by atoms with van der Waals surface area (Å²) in [6, 6.07) is 6.93. The molecule has 1 fully saturated rings. The Morgan fingerprint density at radius 2 is 2.16 bits per heavy atom. The minimum atomic E-state index is -0.204. The first-order chi connectivity index (χ1) is 14.5. The number of halogens is 2. The minimum Gasteiger partial charge on any atom is -0.381 e. The smallest absolute Gasteiger partial charge is 0.193 e. The number of guanidine groups is 1. The lowest BCUT2D eigenvalue weighted by molar-refractivity contribution is 0.0511. The first kappa shape index (κ1) is 26.0. The van der Waals surface area contributed by atoms with Crippen LogP contribution < -0.4 is 5.32 Å². The maximum absolute atomic E-state index is 13.9. The molecular weight excluding hydrogens is 530 g/mol. The minimum absolute atomic E-state index is 0. The molecule has 1 aliphatic heterocycles. The molecule has 1 N–H and O–H groups in total. The molecule has 0 radical (unpaired) electrons. The number of nitrogens with zero attached hydrogens (tertiary/aromatic N) is 3. The molecule has 31 heavy (non-hydrogen) atoms. The second-order valence-electron chi connectivity index (χ2n) is 7.71. The van der Waals surface area contributed by atoms with Gasteiger partial charge in [-0.1, -0.05) is 12.1 Å². The second kappa shape index (κ2) is 12.1. The van der Waals surface area contributed by atoms with Crippen LogP contribution in [0, 0.1) is 5.82 Å². The highest BCUT2D eigenvalue weighted by molar-refractivity contribution is 14.0. The summed E-state index contributed by atoms with van der Waals surface area (Å²) >= 11 is 1.61. The summed E-state index contributed by atoms with van der Waals surface area (Å²) in [6.45, 7) is 4.65. The van der Waals surface area contributed by atoms with Crippen LogP contribution in [-0.4, -0.2) is 56.8 Å². The average molecular weight is 562 g/mol. The van der Waals surface area contributed by atoms with Gasteiger partial charge in [-0.15, -0.1) is 35.3 Å². The van der Waals surface area contributed by atoms with Gasteiger partial charge in [-0.25, -0.2) is 9.37 Å². The van der Waals surface area contributed by atoms with Crippen LogP contribution >= 0.6 is 35.3 Å². The van der Waals surface area contributed by atoms with E-state index in [9.17, 15) is 4.39 Å². The van der Waals surface area contributed by atoms with Crippen molar-refractivity contribution in [1.29, 1.82) is 0 Å². The van der Waals surface area contributed by atoms with Gasteiger partial charge in [0, 0.05) is 51.8 Å². The lowest BCUT2D eigenvalue weighted by atomic mass is 9.74. The van der Waals surface area contributed by atoms with E-state index in [0.29, 0.717) is 26.3 Å². The van der Waals surface area contributed by atoms with Crippen LogP contribution in [0.5, 0.6) is 0 Å². The molecule has 2 heterocycles. The van der Waals surface area contributed by atoms with Crippen LogP contribution in [0.15, 0.2) is 34.6 Å². The van der Waals surface area contributed by atoms with Crippen molar-refractivity contribution in [2.75, 3.05) is 41.0 Å².